The number of allylic oxidation sites excluding steroid dienone is 3. The van der Waals surface area contributed by atoms with E-state index >= 15 is 0 Å². The minimum absolute atomic E-state index is 0.261. The fourth-order valence-electron chi connectivity index (χ4n) is 1.50. The maximum absolute atomic E-state index is 11.6. The van der Waals surface area contributed by atoms with Crippen LogP contribution in [0, 0.1) is 0 Å². The summed E-state index contributed by atoms with van der Waals surface area (Å²) in [7, 11) is 0. The maximum atomic E-state index is 11.6. The first kappa shape index (κ1) is 11.7. The van der Waals surface area contributed by atoms with Gasteiger partial charge in [0.2, 0.25) is 0 Å². The van der Waals surface area contributed by atoms with E-state index in [2.05, 4.69) is 10.3 Å². The van der Waals surface area contributed by atoms with Crippen LogP contribution >= 0.6 is 11.3 Å². The molecule has 0 saturated carbocycles. The molecular formula is C14H10N2O2S. The van der Waals surface area contributed by atoms with E-state index in [4.69, 9.17) is 4.74 Å². The van der Waals surface area contributed by atoms with Gasteiger partial charge in [0.05, 0.1) is 16.5 Å². The average Bonchev–Trinajstić information content (AvgIpc) is 2.74. The number of carbonyl (C=O) groups excluding carboxylic acids is 1. The summed E-state index contributed by atoms with van der Waals surface area (Å²) in [5.41, 5.74) is 0.882. The van der Waals surface area contributed by atoms with Crippen molar-refractivity contribution in [3.63, 3.8) is 0 Å². The number of ether oxygens (including phenoxy) is 1. The number of nitrogens with one attached hydrogen (secondary N) is 1. The number of aromatic nitrogens is 1. The minimum Gasteiger partial charge on any atom is -0.465 e. The number of rotatable bonds is 4. The van der Waals surface area contributed by atoms with Crippen LogP contribution in [-0.2, 0) is 9.53 Å². The van der Waals surface area contributed by atoms with Crippen molar-refractivity contribution in [3.05, 3.63) is 60.6 Å². The molecule has 1 aromatic heterocycles. The predicted molar refractivity (Wildman–Crippen MR) is 75.7 cm³/mol. The fraction of sp³-hybridized carbons (Fsp3) is 0. The lowest BCUT2D eigenvalue weighted by atomic mass is 10.3. The molecule has 1 heterocycles. The molecule has 0 bridgehead atoms. The van der Waals surface area contributed by atoms with Gasteiger partial charge in [-0.1, -0.05) is 29.5 Å². The van der Waals surface area contributed by atoms with E-state index in [1.54, 1.807) is 0 Å². The SMILES string of the molecule is O=C(/C=C/OC1=CC=C1)Nc1nc2ccccc2s1. The number of amides is 1. The van der Waals surface area contributed by atoms with Crippen LogP contribution in [0.3, 0.4) is 0 Å². The molecule has 1 aliphatic rings. The van der Waals surface area contributed by atoms with Crippen molar-refractivity contribution >= 4 is 32.6 Å². The maximum Gasteiger partial charge on any atom is 0.253 e. The Labute approximate surface area is 113 Å². The molecule has 4 nitrogen and oxygen atoms in total. The van der Waals surface area contributed by atoms with Crippen LogP contribution in [0.2, 0.25) is 0 Å². The molecular weight excluding hydrogens is 260 g/mol. The molecule has 0 aliphatic heterocycles. The average molecular weight is 270 g/mol. The van der Waals surface area contributed by atoms with Crippen LogP contribution in [0.25, 0.3) is 10.2 Å². The zero-order valence-electron chi connectivity index (χ0n) is 9.87. The lowest BCUT2D eigenvalue weighted by molar-refractivity contribution is -0.112. The number of anilines is 1. The molecule has 5 heteroatoms. The fourth-order valence-corrected chi connectivity index (χ4v) is 2.37. The van der Waals surface area contributed by atoms with Gasteiger partial charge >= 0.3 is 0 Å². The number of fused-ring (bicyclic) bond motifs is 1. The van der Waals surface area contributed by atoms with Gasteiger partial charge in [-0.3, -0.25) is 10.1 Å². The lowest BCUT2D eigenvalue weighted by Gasteiger charge is -2.04. The van der Waals surface area contributed by atoms with E-state index in [9.17, 15) is 4.79 Å². The Balaban J connectivity index is 1.62. The van der Waals surface area contributed by atoms with Gasteiger partial charge in [-0.05, 0) is 24.3 Å². The van der Waals surface area contributed by atoms with E-state index in [1.807, 2.05) is 42.5 Å². The Kier molecular flexibility index (Phi) is 3.12. The number of nitrogens with zero attached hydrogens (tertiary/aromatic N) is 1. The van der Waals surface area contributed by atoms with Gasteiger partial charge in [-0.25, -0.2) is 4.98 Å². The Morgan fingerprint density at radius 2 is 2.21 bits per heavy atom. The molecule has 0 unspecified atom stereocenters. The summed E-state index contributed by atoms with van der Waals surface area (Å²) in [5, 5.41) is 3.29. The van der Waals surface area contributed by atoms with Gasteiger partial charge < -0.3 is 4.74 Å². The Morgan fingerprint density at radius 1 is 1.37 bits per heavy atom. The molecule has 0 fully saturated rings. The number of hydrogen-bond donors (Lipinski definition) is 1. The van der Waals surface area contributed by atoms with Crippen LogP contribution in [0.4, 0.5) is 5.13 Å². The molecule has 1 N–H and O–H groups in total. The molecule has 2 aromatic rings. The number of carbonyl (C=O) groups is 1. The topological polar surface area (TPSA) is 51.2 Å². The monoisotopic (exact) mass is 270 g/mol. The predicted octanol–water partition coefficient (Wildman–Crippen LogP) is 3.22. The van der Waals surface area contributed by atoms with Crippen molar-refractivity contribution in [2.75, 3.05) is 5.32 Å². The Hall–Kier alpha value is -2.40. The highest BCUT2D eigenvalue weighted by Gasteiger charge is 2.05. The Bertz CT molecular complexity index is 680. The van der Waals surface area contributed by atoms with Gasteiger partial charge in [0, 0.05) is 6.08 Å². The summed E-state index contributed by atoms with van der Waals surface area (Å²) in [5.74, 6) is 0.479. The second-order valence-corrected chi connectivity index (χ2v) is 4.86. The summed E-state index contributed by atoms with van der Waals surface area (Å²) in [6, 6.07) is 7.74. The third-order valence-electron chi connectivity index (χ3n) is 2.47. The van der Waals surface area contributed by atoms with Crippen LogP contribution in [0.1, 0.15) is 0 Å². The third-order valence-corrected chi connectivity index (χ3v) is 3.42. The van der Waals surface area contributed by atoms with Crippen molar-refractivity contribution in [2.24, 2.45) is 0 Å². The molecule has 0 radical (unpaired) electrons. The molecule has 1 aromatic carbocycles. The van der Waals surface area contributed by atoms with E-state index < -0.39 is 0 Å². The van der Waals surface area contributed by atoms with Crippen molar-refractivity contribution in [1.29, 1.82) is 0 Å². The highest BCUT2D eigenvalue weighted by molar-refractivity contribution is 7.22. The molecule has 1 amide bonds. The second-order valence-electron chi connectivity index (χ2n) is 3.82. The van der Waals surface area contributed by atoms with E-state index in [0.717, 1.165) is 16.0 Å². The van der Waals surface area contributed by atoms with E-state index in [-0.39, 0.29) is 5.91 Å². The van der Waals surface area contributed by atoms with Crippen molar-refractivity contribution < 1.29 is 9.53 Å². The van der Waals surface area contributed by atoms with Gasteiger partial charge in [0.1, 0.15) is 5.76 Å². The highest BCUT2D eigenvalue weighted by Crippen LogP contribution is 2.25. The first-order chi connectivity index (χ1) is 9.31. The Morgan fingerprint density at radius 3 is 2.95 bits per heavy atom. The second kappa shape index (κ2) is 5.07. The van der Waals surface area contributed by atoms with Crippen LogP contribution in [-0.4, -0.2) is 10.9 Å². The lowest BCUT2D eigenvalue weighted by Crippen LogP contribution is -2.07. The van der Waals surface area contributed by atoms with Gasteiger partial charge in [-0.2, -0.15) is 0 Å². The number of para-hydroxylation sites is 1. The molecule has 0 atom stereocenters. The van der Waals surface area contributed by atoms with Crippen molar-refractivity contribution in [1.82, 2.24) is 4.98 Å². The normalized spacial score (nSPS) is 13.4. The zero-order valence-corrected chi connectivity index (χ0v) is 10.7. The summed E-state index contributed by atoms with van der Waals surface area (Å²) in [6.07, 6.45) is 8.19. The number of thiazole rings is 1. The summed E-state index contributed by atoms with van der Waals surface area (Å²) in [4.78, 5) is 15.9. The summed E-state index contributed by atoms with van der Waals surface area (Å²) in [6.45, 7) is 0. The minimum atomic E-state index is -0.261. The molecule has 0 spiro atoms. The van der Waals surface area contributed by atoms with Gasteiger partial charge in [0.25, 0.3) is 5.91 Å². The molecule has 0 saturated heterocycles. The third kappa shape index (κ3) is 2.71. The zero-order chi connectivity index (χ0) is 13.1. The van der Waals surface area contributed by atoms with Crippen LogP contribution < -0.4 is 5.32 Å². The largest absolute Gasteiger partial charge is 0.465 e. The first-order valence-electron chi connectivity index (χ1n) is 5.69. The quantitative estimate of drug-likeness (QED) is 0.685. The van der Waals surface area contributed by atoms with Gasteiger partial charge in [0.15, 0.2) is 5.13 Å². The van der Waals surface area contributed by atoms with E-state index in [0.29, 0.717) is 5.13 Å². The highest BCUT2D eigenvalue weighted by atomic mass is 32.1. The molecule has 3 rings (SSSR count). The summed E-state index contributed by atoms with van der Waals surface area (Å²) < 4.78 is 6.21. The molecule has 94 valence electrons. The smallest absolute Gasteiger partial charge is 0.253 e. The van der Waals surface area contributed by atoms with Crippen molar-refractivity contribution in [3.8, 4) is 0 Å². The standard InChI is InChI=1S/C14H10N2O2S/c17-13(8-9-18-10-4-3-5-10)16-14-15-11-6-1-2-7-12(11)19-14/h1-9H,(H,15,16,17)/b9-8+. The van der Waals surface area contributed by atoms with Crippen LogP contribution in [0.5, 0.6) is 0 Å². The van der Waals surface area contributed by atoms with Crippen LogP contribution in [0.15, 0.2) is 60.6 Å². The van der Waals surface area contributed by atoms with Crippen molar-refractivity contribution in [2.45, 2.75) is 0 Å². The summed E-state index contributed by atoms with van der Waals surface area (Å²) >= 11 is 1.44. The number of benzene rings is 1. The molecule has 1 aliphatic carbocycles. The molecule has 19 heavy (non-hydrogen) atoms. The number of hydrogen-bond acceptors (Lipinski definition) is 4. The van der Waals surface area contributed by atoms with E-state index in [1.165, 1.54) is 23.7 Å². The first-order valence-corrected chi connectivity index (χ1v) is 6.51. The van der Waals surface area contributed by atoms with Gasteiger partial charge in [-0.15, -0.1) is 0 Å².